The van der Waals surface area contributed by atoms with Crippen molar-refractivity contribution in [1.82, 2.24) is 24.5 Å². The maximum Gasteiger partial charge on any atom is 0.103 e. The Hall–Kier alpha value is -2.86. The largest absolute Gasteiger partial charge is 0.370 e. The molecule has 0 radical (unpaired) electrons. The van der Waals surface area contributed by atoms with E-state index in [1.54, 1.807) is 0 Å². The van der Waals surface area contributed by atoms with Crippen molar-refractivity contribution in [2.45, 2.75) is 37.6 Å². The lowest BCUT2D eigenvalue weighted by atomic mass is 9.90. The van der Waals surface area contributed by atoms with E-state index < -0.39 is 0 Å². The molecule has 4 heterocycles. The Morgan fingerprint density at radius 1 is 0.933 bits per heavy atom. The van der Waals surface area contributed by atoms with Crippen LogP contribution in [0.1, 0.15) is 43.2 Å². The molecule has 0 atom stereocenters. The van der Waals surface area contributed by atoms with Crippen LogP contribution in [0.15, 0.2) is 55.2 Å². The summed E-state index contributed by atoms with van der Waals surface area (Å²) in [6.45, 7) is 1.98. The highest BCUT2D eigenvalue weighted by atomic mass is 35.5. The average molecular weight is 419 g/mol. The monoisotopic (exact) mass is 418 g/mol. The zero-order valence-corrected chi connectivity index (χ0v) is 17.4. The van der Waals surface area contributed by atoms with Gasteiger partial charge >= 0.3 is 0 Å². The molecule has 4 aromatic rings. The van der Waals surface area contributed by atoms with E-state index in [1.807, 2.05) is 35.5 Å². The van der Waals surface area contributed by atoms with Gasteiger partial charge in [0.15, 0.2) is 0 Å². The van der Waals surface area contributed by atoms with Gasteiger partial charge in [-0.3, -0.25) is 9.67 Å². The Morgan fingerprint density at radius 2 is 1.73 bits per heavy atom. The number of piperidine rings is 1. The third kappa shape index (κ3) is 3.16. The standard InChI is InChI=1S/C23H23ClN6/c24-21-11-18-13-27-30(20-14-26-29(15-20)19-1-2-19)22(18)12-23(21)28-9-5-17(6-10-28)16-3-7-25-8-4-16/h3-4,7-8,11-15,17,19H,1-2,5-6,9-10H2. The molecule has 2 fully saturated rings. The number of anilines is 1. The zero-order chi connectivity index (χ0) is 20.1. The van der Waals surface area contributed by atoms with Crippen molar-refractivity contribution in [3.05, 3.63) is 65.8 Å². The number of aromatic nitrogens is 5. The van der Waals surface area contributed by atoms with Crippen LogP contribution in [0.3, 0.4) is 0 Å². The summed E-state index contributed by atoms with van der Waals surface area (Å²) in [5.41, 5.74) is 4.55. The van der Waals surface area contributed by atoms with E-state index in [4.69, 9.17) is 11.6 Å². The molecule has 0 amide bonds. The number of pyridine rings is 1. The molecule has 0 N–H and O–H groups in total. The van der Waals surface area contributed by atoms with E-state index in [0.717, 1.165) is 53.2 Å². The Balaban J connectivity index is 1.29. The summed E-state index contributed by atoms with van der Waals surface area (Å²) in [7, 11) is 0. The topological polar surface area (TPSA) is 51.8 Å². The maximum absolute atomic E-state index is 6.70. The summed E-state index contributed by atoms with van der Waals surface area (Å²) >= 11 is 6.70. The van der Waals surface area contributed by atoms with E-state index in [-0.39, 0.29) is 0 Å². The van der Waals surface area contributed by atoms with Crippen LogP contribution in [0, 0.1) is 0 Å². The Kier molecular flexibility index (Phi) is 4.27. The third-order valence-electron chi connectivity index (χ3n) is 6.40. The minimum absolute atomic E-state index is 0.562. The second-order valence-corrected chi connectivity index (χ2v) is 8.78. The van der Waals surface area contributed by atoms with Crippen molar-refractivity contribution < 1.29 is 0 Å². The number of nitrogens with zero attached hydrogens (tertiary/aromatic N) is 6. The zero-order valence-electron chi connectivity index (χ0n) is 16.7. The Labute approximate surface area is 180 Å². The van der Waals surface area contributed by atoms with Crippen LogP contribution in [0.2, 0.25) is 5.02 Å². The van der Waals surface area contributed by atoms with Gasteiger partial charge in [-0.05, 0) is 61.4 Å². The normalized spacial score (nSPS) is 17.7. The lowest BCUT2D eigenvalue weighted by molar-refractivity contribution is 0.505. The highest BCUT2D eigenvalue weighted by Crippen LogP contribution is 2.37. The number of benzene rings is 1. The van der Waals surface area contributed by atoms with Gasteiger partial charge in [0.25, 0.3) is 0 Å². The van der Waals surface area contributed by atoms with Gasteiger partial charge in [0, 0.05) is 30.9 Å². The summed E-state index contributed by atoms with van der Waals surface area (Å²) in [5, 5.41) is 11.0. The summed E-state index contributed by atoms with van der Waals surface area (Å²) in [6, 6.07) is 9.06. The first-order chi connectivity index (χ1) is 14.8. The smallest absolute Gasteiger partial charge is 0.103 e. The summed E-state index contributed by atoms with van der Waals surface area (Å²) in [5.74, 6) is 0.588. The van der Waals surface area contributed by atoms with Crippen LogP contribution in [0.5, 0.6) is 0 Å². The minimum atomic E-state index is 0.562. The van der Waals surface area contributed by atoms with Crippen LogP contribution in [0.25, 0.3) is 16.6 Å². The molecule has 1 aliphatic heterocycles. The molecule has 0 bridgehead atoms. The molecule has 1 aliphatic carbocycles. The fourth-order valence-electron chi connectivity index (χ4n) is 4.55. The number of hydrogen-bond acceptors (Lipinski definition) is 4. The number of hydrogen-bond donors (Lipinski definition) is 0. The van der Waals surface area contributed by atoms with Gasteiger partial charge < -0.3 is 4.90 Å². The van der Waals surface area contributed by atoms with Crippen molar-refractivity contribution >= 4 is 28.2 Å². The fourth-order valence-corrected chi connectivity index (χ4v) is 4.84. The SMILES string of the molecule is Clc1cc2cnn(-c3cnn(C4CC4)c3)c2cc1N1CCC(c2ccncc2)CC1. The predicted octanol–water partition coefficient (Wildman–Crippen LogP) is 4.99. The van der Waals surface area contributed by atoms with E-state index in [2.05, 4.69) is 49.2 Å². The van der Waals surface area contributed by atoms with Gasteiger partial charge in [-0.1, -0.05) is 11.6 Å². The second-order valence-electron chi connectivity index (χ2n) is 8.37. The average Bonchev–Trinajstić information content (AvgIpc) is 3.38. The van der Waals surface area contributed by atoms with Crippen molar-refractivity contribution in [3.63, 3.8) is 0 Å². The van der Waals surface area contributed by atoms with Crippen LogP contribution >= 0.6 is 11.6 Å². The molecular formula is C23H23ClN6. The molecule has 1 saturated heterocycles. The first-order valence-electron chi connectivity index (χ1n) is 10.6. The van der Waals surface area contributed by atoms with Crippen molar-refractivity contribution in [2.24, 2.45) is 0 Å². The van der Waals surface area contributed by atoms with Crippen molar-refractivity contribution in [3.8, 4) is 5.69 Å². The van der Waals surface area contributed by atoms with Crippen LogP contribution in [-0.2, 0) is 0 Å². The number of rotatable bonds is 4. The van der Waals surface area contributed by atoms with Gasteiger partial charge in [-0.15, -0.1) is 0 Å². The summed E-state index contributed by atoms with van der Waals surface area (Å²) < 4.78 is 4.04. The Morgan fingerprint density at radius 3 is 2.50 bits per heavy atom. The predicted molar refractivity (Wildman–Crippen MR) is 119 cm³/mol. The Bertz CT molecular complexity index is 1190. The lowest BCUT2D eigenvalue weighted by Crippen LogP contribution is -2.33. The van der Waals surface area contributed by atoms with Crippen LogP contribution in [-0.4, -0.2) is 37.6 Å². The van der Waals surface area contributed by atoms with Crippen molar-refractivity contribution in [1.29, 1.82) is 0 Å². The molecule has 0 unspecified atom stereocenters. The maximum atomic E-state index is 6.70. The van der Waals surface area contributed by atoms with E-state index >= 15 is 0 Å². The second kappa shape index (κ2) is 7.13. The van der Waals surface area contributed by atoms with Crippen molar-refractivity contribution in [2.75, 3.05) is 18.0 Å². The van der Waals surface area contributed by atoms with E-state index in [0.29, 0.717) is 12.0 Å². The summed E-state index contributed by atoms with van der Waals surface area (Å²) in [4.78, 5) is 6.55. The van der Waals surface area contributed by atoms with E-state index in [1.165, 1.54) is 18.4 Å². The minimum Gasteiger partial charge on any atom is -0.370 e. The molecule has 2 aliphatic rings. The fraction of sp³-hybridized carbons (Fsp3) is 0.348. The molecule has 1 aromatic carbocycles. The van der Waals surface area contributed by atoms with Crippen LogP contribution < -0.4 is 4.90 Å². The molecule has 6 rings (SSSR count). The molecule has 3 aromatic heterocycles. The molecule has 152 valence electrons. The third-order valence-corrected chi connectivity index (χ3v) is 6.71. The molecule has 30 heavy (non-hydrogen) atoms. The molecule has 0 spiro atoms. The van der Waals surface area contributed by atoms with Crippen LogP contribution in [0.4, 0.5) is 5.69 Å². The number of fused-ring (bicyclic) bond motifs is 1. The van der Waals surface area contributed by atoms with Gasteiger partial charge in [0.05, 0.1) is 40.9 Å². The first-order valence-corrected chi connectivity index (χ1v) is 11.0. The molecule has 7 heteroatoms. The van der Waals surface area contributed by atoms with Gasteiger partial charge in [-0.25, -0.2) is 4.68 Å². The number of halogens is 1. The lowest BCUT2D eigenvalue weighted by Gasteiger charge is -2.34. The van der Waals surface area contributed by atoms with Gasteiger partial charge in [0.2, 0.25) is 0 Å². The first kappa shape index (κ1) is 18.0. The highest BCUT2D eigenvalue weighted by Gasteiger charge is 2.25. The molecular weight excluding hydrogens is 396 g/mol. The van der Waals surface area contributed by atoms with Gasteiger partial charge in [-0.2, -0.15) is 10.2 Å². The highest BCUT2D eigenvalue weighted by molar-refractivity contribution is 6.34. The van der Waals surface area contributed by atoms with Gasteiger partial charge in [0.1, 0.15) is 5.69 Å². The summed E-state index contributed by atoms with van der Waals surface area (Å²) in [6.07, 6.45) is 14.3. The molecule has 1 saturated carbocycles. The quantitative estimate of drug-likeness (QED) is 0.468. The van der Waals surface area contributed by atoms with E-state index in [9.17, 15) is 0 Å². The molecule has 6 nitrogen and oxygen atoms in total.